The van der Waals surface area contributed by atoms with Gasteiger partial charge in [-0.05, 0) is 34.7 Å². The number of nitrogens with one attached hydrogen (secondary N) is 2. The fourth-order valence-electron chi connectivity index (χ4n) is 4.32. The van der Waals surface area contributed by atoms with E-state index in [2.05, 4.69) is 22.8 Å². The van der Waals surface area contributed by atoms with Gasteiger partial charge in [0, 0.05) is 18.4 Å². The van der Waals surface area contributed by atoms with Gasteiger partial charge in [-0.3, -0.25) is 4.79 Å². The fraction of sp³-hybridized carbons (Fsp3) is 0.222. The molecule has 7 heteroatoms. The topological polar surface area (TPSA) is 105 Å². The Morgan fingerprint density at radius 2 is 1.41 bits per heavy atom. The third-order valence-corrected chi connectivity index (χ3v) is 5.88. The number of benzene rings is 3. The number of rotatable bonds is 8. The number of fused-ring (bicyclic) bond motifs is 3. The summed E-state index contributed by atoms with van der Waals surface area (Å²) in [6, 6.07) is 22.9. The van der Waals surface area contributed by atoms with Crippen molar-refractivity contribution in [1.29, 1.82) is 0 Å². The SMILES string of the molecule is CC(CC(=O)NC(C(=O)O)c1ccccc1)NC(=O)OCC1c2ccccc2-c2ccccc21. The Morgan fingerprint density at radius 1 is 0.853 bits per heavy atom. The monoisotopic (exact) mass is 458 g/mol. The number of hydrogen-bond acceptors (Lipinski definition) is 4. The molecule has 0 spiro atoms. The van der Waals surface area contributed by atoms with Crippen molar-refractivity contribution < 1.29 is 24.2 Å². The van der Waals surface area contributed by atoms with E-state index < -0.39 is 30.1 Å². The van der Waals surface area contributed by atoms with Crippen molar-refractivity contribution in [2.75, 3.05) is 6.61 Å². The van der Waals surface area contributed by atoms with Crippen molar-refractivity contribution in [3.8, 4) is 11.1 Å². The summed E-state index contributed by atoms with van der Waals surface area (Å²) in [7, 11) is 0. The van der Waals surface area contributed by atoms with Gasteiger partial charge in [-0.1, -0.05) is 78.9 Å². The molecule has 2 amide bonds. The maximum atomic E-state index is 12.4. The van der Waals surface area contributed by atoms with Crippen LogP contribution < -0.4 is 10.6 Å². The second-order valence-corrected chi connectivity index (χ2v) is 8.32. The van der Waals surface area contributed by atoms with Crippen LogP contribution in [0.1, 0.15) is 42.0 Å². The molecule has 3 aromatic carbocycles. The van der Waals surface area contributed by atoms with Gasteiger partial charge in [0.15, 0.2) is 6.04 Å². The molecule has 0 saturated heterocycles. The van der Waals surface area contributed by atoms with Crippen LogP contribution >= 0.6 is 0 Å². The lowest BCUT2D eigenvalue weighted by atomic mass is 9.98. The Balaban J connectivity index is 1.31. The Kier molecular flexibility index (Phi) is 6.92. The average molecular weight is 459 g/mol. The highest BCUT2D eigenvalue weighted by Gasteiger charge is 2.29. The molecule has 3 aromatic rings. The van der Waals surface area contributed by atoms with E-state index in [4.69, 9.17) is 4.74 Å². The van der Waals surface area contributed by atoms with Crippen LogP contribution in [-0.2, 0) is 14.3 Å². The number of carbonyl (C=O) groups excluding carboxylic acids is 2. The highest BCUT2D eigenvalue weighted by molar-refractivity contribution is 5.85. The van der Waals surface area contributed by atoms with E-state index in [1.807, 2.05) is 36.4 Å². The molecule has 2 unspecified atom stereocenters. The zero-order valence-corrected chi connectivity index (χ0v) is 18.7. The number of ether oxygens (including phenoxy) is 1. The summed E-state index contributed by atoms with van der Waals surface area (Å²) in [5.41, 5.74) is 4.99. The Morgan fingerprint density at radius 3 is 2.00 bits per heavy atom. The van der Waals surface area contributed by atoms with Crippen LogP contribution in [0.15, 0.2) is 78.9 Å². The first-order valence-electron chi connectivity index (χ1n) is 11.1. The van der Waals surface area contributed by atoms with Crippen LogP contribution in [0, 0.1) is 0 Å². The van der Waals surface area contributed by atoms with Crippen LogP contribution in [0.5, 0.6) is 0 Å². The summed E-state index contributed by atoms with van der Waals surface area (Å²) in [5, 5.41) is 14.6. The highest BCUT2D eigenvalue weighted by atomic mass is 16.5. The molecular formula is C27H26N2O5. The van der Waals surface area contributed by atoms with Gasteiger partial charge in [-0.15, -0.1) is 0 Å². The summed E-state index contributed by atoms with van der Waals surface area (Å²) in [5.74, 6) is -1.70. The lowest BCUT2D eigenvalue weighted by molar-refractivity contribution is -0.142. The second-order valence-electron chi connectivity index (χ2n) is 8.32. The molecule has 0 saturated carbocycles. The molecule has 1 aliphatic carbocycles. The molecule has 0 fully saturated rings. The van der Waals surface area contributed by atoms with E-state index in [9.17, 15) is 19.5 Å². The highest BCUT2D eigenvalue weighted by Crippen LogP contribution is 2.44. The average Bonchev–Trinajstić information content (AvgIpc) is 3.15. The minimum Gasteiger partial charge on any atom is -0.479 e. The number of alkyl carbamates (subject to hydrolysis) is 1. The van der Waals surface area contributed by atoms with Crippen LogP contribution in [0.2, 0.25) is 0 Å². The van der Waals surface area contributed by atoms with Crippen molar-refractivity contribution >= 4 is 18.0 Å². The number of carbonyl (C=O) groups is 3. The third-order valence-electron chi connectivity index (χ3n) is 5.88. The lowest BCUT2D eigenvalue weighted by Crippen LogP contribution is -2.40. The normalized spacial score (nSPS) is 13.8. The van der Waals surface area contributed by atoms with Gasteiger partial charge in [0.25, 0.3) is 0 Å². The minimum atomic E-state index is -1.16. The van der Waals surface area contributed by atoms with E-state index in [1.165, 1.54) is 0 Å². The van der Waals surface area contributed by atoms with E-state index in [-0.39, 0.29) is 18.9 Å². The summed E-state index contributed by atoms with van der Waals surface area (Å²) >= 11 is 0. The lowest BCUT2D eigenvalue weighted by Gasteiger charge is -2.19. The predicted octanol–water partition coefficient (Wildman–Crippen LogP) is 4.25. The van der Waals surface area contributed by atoms with E-state index in [0.29, 0.717) is 5.56 Å². The van der Waals surface area contributed by atoms with Gasteiger partial charge in [0.1, 0.15) is 6.61 Å². The number of hydrogen-bond donors (Lipinski definition) is 3. The molecule has 0 aromatic heterocycles. The fourth-order valence-corrected chi connectivity index (χ4v) is 4.32. The van der Waals surface area contributed by atoms with Gasteiger partial charge in [-0.25, -0.2) is 9.59 Å². The standard InChI is InChI=1S/C27H26N2O5/c1-17(15-24(30)29-25(26(31)32)18-9-3-2-4-10-18)28-27(33)34-16-23-21-13-7-5-11-19(21)20-12-6-8-14-22(20)23/h2-14,17,23,25H,15-16H2,1H3,(H,28,33)(H,29,30)(H,31,32). The first-order chi connectivity index (χ1) is 16.4. The molecule has 34 heavy (non-hydrogen) atoms. The van der Waals surface area contributed by atoms with Crippen LogP contribution in [0.3, 0.4) is 0 Å². The molecular weight excluding hydrogens is 432 g/mol. The van der Waals surface area contributed by atoms with Gasteiger partial charge in [-0.2, -0.15) is 0 Å². The first-order valence-corrected chi connectivity index (χ1v) is 11.1. The minimum absolute atomic E-state index is 0.0565. The summed E-state index contributed by atoms with van der Waals surface area (Å²) in [6.07, 6.45) is -0.708. The predicted molar refractivity (Wildman–Crippen MR) is 127 cm³/mol. The summed E-state index contributed by atoms with van der Waals surface area (Å²) < 4.78 is 5.50. The molecule has 0 aliphatic heterocycles. The van der Waals surface area contributed by atoms with Crippen molar-refractivity contribution in [2.24, 2.45) is 0 Å². The molecule has 7 nitrogen and oxygen atoms in total. The van der Waals surface area contributed by atoms with Gasteiger partial charge < -0.3 is 20.5 Å². The van der Waals surface area contributed by atoms with Crippen LogP contribution in [-0.4, -0.2) is 35.7 Å². The number of carboxylic acid groups (broad SMARTS) is 1. The van der Waals surface area contributed by atoms with Crippen molar-refractivity contribution in [2.45, 2.75) is 31.3 Å². The third kappa shape index (κ3) is 5.09. The smallest absolute Gasteiger partial charge is 0.407 e. The molecule has 2 atom stereocenters. The Hall–Kier alpha value is -4.13. The second kappa shape index (κ2) is 10.2. The quantitative estimate of drug-likeness (QED) is 0.468. The van der Waals surface area contributed by atoms with Gasteiger partial charge in [0.05, 0.1) is 0 Å². The Labute approximate surface area is 197 Å². The zero-order chi connectivity index (χ0) is 24.1. The maximum absolute atomic E-state index is 12.4. The zero-order valence-electron chi connectivity index (χ0n) is 18.7. The van der Waals surface area contributed by atoms with Crippen LogP contribution in [0.4, 0.5) is 4.79 Å². The van der Waals surface area contributed by atoms with Crippen molar-refractivity contribution in [1.82, 2.24) is 10.6 Å². The number of aliphatic carboxylic acids is 1. The van der Waals surface area contributed by atoms with Crippen LogP contribution in [0.25, 0.3) is 11.1 Å². The number of amides is 2. The van der Waals surface area contributed by atoms with E-state index in [1.54, 1.807) is 37.3 Å². The van der Waals surface area contributed by atoms with Crippen molar-refractivity contribution in [3.05, 3.63) is 95.6 Å². The molecule has 0 bridgehead atoms. The van der Waals surface area contributed by atoms with Crippen molar-refractivity contribution in [3.63, 3.8) is 0 Å². The molecule has 0 heterocycles. The maximum Gasteiger partial charge on any atom is 0.407 e. The molecule has 174 valence electrons. The summed E-state index contributed by atoms with van der Waals surface area (Å²) in [6.45, 7) is 1.84. The first kappa shape index (κ1) is 23.0. The van der Waals surface area contributed by atoms with Gasteiger partial charge in [0.2, 0.25) is 5.91 Å². The van der Waals surface area contributed by atoms with E-state index >= 15 is 0 Å². The largest absolute Gasteiger partial charge is 0.479 e. The molecule has 3 N–H and O–H groups in total. The molecule has 0 radical (unpaired) electrons. The van der Waals surface area contributed by atoms with E-state index in [0.717, 1.165) is 22.3 Å². The summed E-state index contributed by atoms with van der Waals surface area (Å²) in [4.78, 5) is 36.4. The Bertz CT molecular complexity index is 1150. The molecule has 1 aliphatic rings. The number of carboxylic acids is 1. The van der Waals surface area contributed by atoms with Gasteiger partial charge >= 0.3 is 12.1 Å². The molecule has 4 rings (SSSR count).